The van der Waals surface area contributed by atoms with E-state index in [0.29, 0.717) is 6.42 Å². The first kappa shape index (κ1) is 28.2. The monoisotopic (exact) mass is 556 g/mol. The number of Topliss-reactive ketones (excluding diaryl/α,β-unsaturated/α-hetero) is 1. The Labute approximate surface area is 241 Å². The normalized spacial score (nSPS) is 15.0. The lowest BCUT2D eigenvalue weighted by Gasteiger charge is -2.43. The van der Waals surface area contributed by atoms with E-state index in [1.807, 2.05) is 42.9 Å². The average molecular weight is 557 g/mol. The van der Waals surface area contributed by atoms with Gasteiger partial charge in [-0.05, 0) is 68.5 Å². The number of aromatic nitrogens is 4. The number of hydrogen-bond acceptors (Lipinski definition) is 7. The van der Waals surface area contributed by atoms with Crippen LogP contribution in [-0.2, 0) is 11.8 Å². The third-order valence-electron chi connectivity index (χ3n) is 7.61. The molecule has 1 aromatic carbocycles. The maximum Gasteiger partial charge on any atom is 0.177 e. The van der Waals surface area contributed by atoms with Crippen LogP contribution in [0, 0.1) is 6.92 Å². The van der Waals surface area contributed by atoms with Gasteiger partial charge in [0.25, 0.3) is 0 Å². The van der Waals surface area contributed by atoms with Crippen LogP contribution < -0.4 is 4.90 Å². The first-order valence-corrected chi connectivity index (χ1v) is 14.8. The van der Waals surface area contributed by atoms with Crippen LogP contribution in [-0.4, -0.2) is 62.4 Å². The van der Waals surface area contributed by atoms with Crippen molar-refractivity contribution in [3.05, 3.63) is 75.9 Å². The highest BCUT2D eigenvalue weighted by atomic mass is 32.1. The number of nitrogens with zero attached hydrogens (tertiary/aromatic N) is 6. The summed E-state index contributed by atoms with van der Waals surface area (Å²) >= 11 is 1.60. The number of rotatable bonds is 6. The van der Waals surface area contributed by atoms with E-state index in [1.165, 1.54) is 4.88 Å². The summed E-state index contributed by atoms with van der Waals surface area (Å²) in [6.07, 6.45) is 6.08. The molecule has 0 spiro atoms. The molecule has 8 heteroatoms. The number of hydrogen-bond donors (Lipinski definition) is 0. The molecule has 3 aromatic heterocycles. The zero-order valence-electron chi connectivity index (χ0n) is 24.7. The van der Waals surface area contributed by atoms with Gasteiger partial charge in [0.1, 0.15) is 5.69 Å². The Kier molecular flexibility index (Phi) is 7.68. The summed E-state index contributed by atoms with van der Waals surface area (Å²) < 4.78 is 1.80. The molecule has 1 aliphatic rings. The van der Waals surface area contributed by atoms with Crippen molar-refractivity contribution >= 4 is 22.8 Å². The second-order valence-electron chi connectivity index (χ2n) is 12.8. The molecule has 0 unspecified atom stereocenters. The van der Waals surface area contributed by atoms with Crippen LogP contribution in [0.3, 0.4) is 0 Å². The minimum atomic E-state index is 0.0430. The summed E-state index contributed by atoms with van der Waals surface area (Å²) in [7, 11) is 0. The molecule has 210 valence electrons. The molecule has 0 radical (unpaired) electrons. The van der Waals surface area contributed by atoms with Crippen LogP contribution in [0.15, 0.2) is 55.0 Å². The Morgan fingerprint density at radius 1 is 0.950 bits per heavy atom. The summed E-state index contributed by atoms with van der Waals surface area (Å²) in [6, 6.07) is 12.3. The van der Waals surface area contributed by atoms with Crippen LogP contribution in [0.2, 0.25) is 0 Å². The number of carbonyl (C=O) groups excluding carboxylic acids is 1. The Morgan fingerprint density at radius 3 is 2.38 bits per heavy atom. The summed E-state index contributed by atoms with van der Waals surface area (Å²) in [5.74, 6) is 0.140. The van der Waals surface area contributed by atoms with Crippen molar-refractivity contribution in [2.24, 2.45) is 0 Å². The van der Waals surface area contributed by atoms with Gasteiger partial charge >= 0.3 is 0 Å². The fraction of sp³-hybridized carbons (Fsp3) is 0.438. The van der Waals surface area contributed by atoms with Gasteiger partial charge in [0.15, 0.2) is 5.78 Å². The Balaban J connectivity index is 1.31. The predicted molar refractivity (Wildman–Crippen MR) is 164 cm³/mol. The molecule has 4 heterocycles. The zero-order chi connectivity index (χ0) is 28.7. The molecule has 0 atom stereocenters. The van der Waals surface area contributed by atoms with E-state index in [1.54, 1.807) is 16.0 Å². The minimum absolute atomic E-state index is 0.0430. The van der Waals surface area contributed by atoms with Gasteiger partial charge in [0.2, 0.25) is 0 Å². The Bertz CT molecular complexity index is 1500. The minimum Gasteiger partial charge on any atom is -0.368 e. The second-order valence-corrected chi connectivity index (χ2v) is 13.8. The lowest BCUT2D eigenvalue weighted by Crippen LogP contribution is -2.53. The topological polar surface area (TPSA) is 67.2 Å². The Morgan fingerprint density at radius 2 is 1.70 bits per heavy atom. The van der Waals surface area contributed by atoms with E-state index in [0.717, 1.165) is 64.8 Å². The SMILES string of the molecule is Cc1ccc(CC(=O)c2ccc(C(C)(C)C)s2)cc1-n1cc(-c2cncc(N3CCN(C(C)(C)C)CC3)c2)nn1. The molecule has 0 amide bonds. The van der Waals surface area contributed by atoms with E-state index >= 15 is 0 Å². The van der Waals surface area contributed by atoms with Crippen LogP contribution in [0.25, 0.3) is 16.9 Å². The van der Waals surface area contributed by atoms with E-state index < -0.39 is 0 Å². The third-order valence-corrected chi connectivity index (χ3v) is 9.16. The average Bonchev–Trinajstić information content (AvgIpc) is 3.60. The summed E-state index contributed by atoms with van der Waals surface area (Å²) in [5, 5.41) is 8.93. The predicted octanol–water partition coefficient (Wildman–Crippen LogP) is 6.34. The van der Waals surface area contributed by atoms with E-state index in [9.17, 15) is 4.79 Å². The molecule has 0 bridgehead atoms. The number of pyridine rings is 1. The number of benzene rings is 1. The van der Waals surface area contributed by atoms with E-state index in [-0.39, 0.29) is 16.7 Å². The molecule has 5 rings (SSSR count). The highest BCUT2D eigenvalue weighted by molar-refractivity contribution is 7.14. The number of aryl methyl sites for hydroxylation is 1. The first-order chi connectivity index (χ1) is 18.9. The number of anilines is 1. The van der Waals surface area contributed by atoms with Crippen molar-refractivity contribution in [3.8, 4) is 16.9 Å². The molecule has 1 fully saturated rings. The molecule has 0 aliphatic carbocycles. The fourth-order valence-corrected chi connectivity index (χ4v) is 6.07. The lowest BCUT2D eigenvalue weighted by atomic mass is 9.95. The molecule has 40 heavy (non-hydrogen) atoms. The molecule has 7 nitrogen and oxygen atoms in total. The fourth-order valence-electron chi connectivity index (χ4n) is 5.07. The number of carbonyl (C=O) groups is 1. The molecular formula is C32H40N6OS. The summed E-state index contributed by atoms with van der Waals surface area (Å²) in [5.41, 5.74) is 6.02. The summed E-state index contributed by atoms with van der Waals surface area (Å²) in [4.78, 5) is 24.5. The third kappa shape index (κ3) is 6.18. The van der Waals surface area contributed by atoms with Gasteiger partial charge in [-0.15, -0.1) is 16.4 Å². The van der Waals surface area contributed by atoms with Gasteiger partial charge in [-0.1, -0.05) is 38.1 Å². The zero-order valence-corrected chi connectivity index (χ0v) is 25.5. The van der Waals surface area contributed by atoms with Crippen molar-refractivity contribution in [1.29, 1.82) is 0 Å². The van der Waals surface area contributed by atoms with Gasteiger partial charge in [-0.2, -0.15) is 0 Å². The van der Waals surface area contributed by atoms with Crippen molar-refractivity contribution in [3.63, 3.8) is 0 Å². The molecule has 1 saturated heterocycles. The molecular weight excluding hydrogens is 516 g/mol. The van der Waals surface area contributed by atoms with Crippen molar-refractivity contribution < 1.29 is 4.79 Å². The van der Waals surface area contributed by atoms with Crippen molar-refractivity contribution in [2.75, 3.05) is 31.1 Å². The van der Waals surface area contributed by atoms with Crippen molar-refractivity contribution in [1.82, 2.24) is 24.9 Å². The Hall–Kier alpha value is -3.36. The van der Waals surface area contributed by atoms with Gasteiger partial charge in [0.05, 0.1) is 28.6 Å². The van der Waals surface area contributed by atoms with Crippen LogP contribution in [0.4, 0.5) is 5.69 Å². The highest BCUT2D eigenvalue weighted by Crippen LogP contribution is 2.30. The van der Waals surface area contributed by atoms with Crippen LogP contribution in [0.5, 0.6) is 0 Å². The molecule has 1 aliphatic heterocycles. The number of piperazine rings is 1. The summed E-state index contributed by atoms with van der Waals surface area (Å²) in [6.45, 7) is 19.4. The maximum absolute atomic E-state index is 13.1. The van der Waals surface area contributed by atoms with Gasteiger partial charge in [-0.3, -0.25) is 14.7 Å². The van der Waals surface area contributed by atoms with E-state index in [4.69, 9.17) is 0 Å². The number of thiophene rings is 1. The standard InChI is InChI=1S/C32H40N6OS/c1-22-8-9-23(17-28(39)29-10-11-30(40-29)31(2,3)4)16-27(22)38-21-26(34-35-38)24-18-25(20-33-19-24)36-12-14-37(15-13-36)32(5,6)7/h8-11,16,18-21H,12-15,17H2,1-7H3. The molecule has 4 aromatic rings. The van der Waals surface area contributed by atoms with Crippen molar-refractivity contribution in [2.45, 2.75) is 65.8 Å². The maximum atomic E-state index is 13.1. The molecule has 0 saturated carbocycles. The van der Waals surface area contributed by atoms with Gasteiger partial charge in [0, 0.05) is 54.8 Å². The first-order valence-electron chi connectivity index (χ1n) is 14.0. The quantitative estimate of drug-likeness (QED) is 0.258. The smallest absolute Gasteiger partial charge is 0.177 e. The van der Waals surface area contributed by atoms with Crippen LogP contribution in [0.1, 0.15) is 67.2 Å². The van der Waals surface area contributed by atoms with Crippen LogP contribution >= 0.6 is 11.3 Å². The number of ketones is 1. The molecule has 0 N–H and O–H groups in total. The second kappa shape index (κ2) is 10.9. The van der Waals surface area contributed by atoms with Gasteiger partial charge < -0.3 is 4.90 Å². The highest BCUT2D eigenvalue weighted by Gasteiger charge is 2.26. The van der Waals surface area contributed by atoms with Gasteiger partial charge in [-0.25, -0.2) is 4.68 Å². The lowest BCUT2D eigenvalue weighted by molar-refractivity contribution is 0.0997. The largest absolute Gasteiger partial charge is 0.368 e. The van der Waals surface area contributed by atoms with E-state index in [2.05, 4.69) is 85.7 Å².